The van der Waals surface area contributed by atoms with Crippen molar-refractivity contribution in [2.24, 2.45) is 0 Å². The fraction of sp³-hybridized carbons (Fsp3) is 0.364. The lowest BCUT2D eigenvalue weighted by Gasteiger charge is -2.32. The summed E-state index contributed by atoms with van der Waals surface area (Å²) in [5, 5.41) is 0. The van der Waals surface area contributed by atoms with Crippen molar-refractivity contribution in [2.75, 3.05) is 31.1 Å². The number of anilines is 1. The Balaban J connectivity index is 1.87. The minimum atomic E-state index is 1.11. The normalized spacial score (nSPS) is 18.2. The highest BCUT2D eigenvalue weighted by molar-refractivity contribution is 14.1. The van der Waals surface area contributed by atoms with E-state index >= 15 is 0 Å². The van der Waals surface area contributed by atoms with Crippen LogP contribution < -0.4 is 4.90 Å². The lowest BCUT2D eigenvalue weighted by molar-refractivity contribution is 0.460. The van der Waals surface area contributed by atoms with Crippen LogP contribution in [0.5, 0.6) is 0 Å². The Kier molecular flexibility index (Phi) is 2.99. The van der Waals surface area contributed by atoms with Gasteiger partial charge in [0.2, 0.25) is 0 Å². The van der Waals surface area contributed by atoms with Gasteiger partial charge in [0.25, 0.3) is 0 Å². The van der Waals surface area contributed by atoms with Crippen molar-refractivity contribution in [1.29, 1.82) is 0 Å². The molecule has 84 valence electrons. The molecule has 0 atom stereocenters. The molecule has 3 rings (SSSR count). The summed E-state index contributed by atoms with van der Waals surface area (Å²) in [5.74, 6) is 0. The molecule has 3 nitrogen and oxygen atoms in total. The first-order valence-electron chi connectivity index (χ1n) is 5.32. The SMILES string of the molecule is IN1CCN(c2ccc3ncsc3c2)CC1. The fourth-order valence-corrected chi connectivity index (χ4v) is 3.12. The summed E-state index contributed by atoms with van der Waals surface area (Å²) in [5.41, 5.74) is 4.36. The third kappa shape index (κ3) is 2.03. The van der Waals surface area contributed by atoms with Crippen LogP contribution in [0.2, 0.25) is 0 Å². The maximum absolute atomic E-state index is 4.31. The van der Waals surface area contributed by atoms with Gasteiger partial charge in [-0.1, -0.05) is 0 Å². The third-order valence-corrected chi connectivity index (χ3v) is 4.66. The largest absolute Gasteiger partial charge is 0.369 e. The summed E-state index contributed by atoms with van der Waals surface area (Å²) in [6, 6.07) is 6.57. The van der Waals surface area contributed by atoms with Gasteiger partial charge in [-0.05, 0) is 18.2 Å². The van der Waals surface area contributed by atoms with E-state index in [1.54, 1.807) is 11.3 Å². The second-order valence-electron chi connectivity index (χ2n) is 3.90. The monoisotopic (exact) mass is 345 g/mol. The van der Waals surface area contributed by atoms with Gasteiger partial charge in [-0.2, -0.15) is 0 Å². The van der Waals surface area contributed by atoms with Crippen LogP contribution in [-0.4, -0.2) is 34.3 Å². The molecule has 0 radical (unpaired) electrons. The summed E-state index contributed by atoms with van der Waals surface area (Å²) in [6.45, 7) is 4.52. The molecule has 1 aromatic heterocycles. The first kappa shape index (κ1) is 10.7. The Hall–Kier alpha value is -0.400. The van der Waals surface area contributed by atoms with Gasteiger partial charge < -0.3 is 4.90 Å². The molecule has 5 heteroatoms. The number of hydrogen-bond donors (Lipinski definition) is 0. The second kappa shape index (κ2) is 4.46. The highest BCUT2D eigenvalue weighted by atomic mass is 127. The summed E-state index contributed by atoms with van der Waals surface area (Å²) in [7, 11) is 0. The van der Waals surface area contributed by atoms with Gasteiger partial charge in [-0.25, -0.2) is 8.10 Å². The predicted octanol–water partition coefficient (Wildman–Crippen LogP) is 2.77. The molecule has 1 aliphatic rings. The zero-order valence-corrected chi connectivity index (χ0v) is 11.7. The number of piperazine rings is 1. The number of thiazole rings is 1. The van der Waals surface area contributed by atoms with Crippen molar-refractivity contribution >= 4 is 50.1 Å². The van der Waals surface area contributed by atoms with E-state index in [0.29, 0.717) is 0 Å². The van der Waals surface area contributed by atoms with E-state index in [2.05, 4.69) is 54.1 Å². The third-order valence-electron chi connectivity index (χ3n) is 2.91. The standard InChI is InChI=1S/C11H12IN3S/c12-15-5-3-14(4-6-15)9-1-2-10-11(7-9)16-8-13-10/h1-2,7-8H,3-6H2. The van der Waals surface area contributed by atoms with Crippen molar-refractivity contribution in [1.82, 2.24) is 8.10 Å². The molecular formula is C11H12IN3S. The smallest absolute Gasteiger partial charge is 0.0813 e. The lowest BCUT2D eigenvalue weighted by Crippen LogP contribution is -2.42. The van der Waals surface area contributed by atoms with E-state index in [1.165, 1.54) is 10.4 Å². The number of benzene rings is 1. The number of nitrogens with zero attached hydrogens (tertiary/aromatic N) is 3. The Bertz CT molecular complexity index is 491. The van der Waals surface area contributed by atoms with Gasteiger partial charge in [0.05, 0.1) is 15.7 Å². The Labute approximate surface area is 113 Å². The van der Waals surface area contributed by atoms with Crippen molar-refractivity contribution in [2.45, 2.75) is 0 Å². The van der Waals surface area contributed by atoms with Crippen LogP contribution in [0.3, 0.4) is 0 Å². The van der Waals surface area contributed by atoms with Crippen LogP contribution in [0.15, 0.2) is 23.7 Å². The Morgan fingerprint density at radius 2 is 2.00 bits per heavy atom. The molecule has 2 heterocycles. The van der Waals surface area contributed by atoms with Crippen LogP contribution in [0, 0.1) is 0 Å². The summed E-state index contributed by atoms with van der Waals surface area (Å²) >= 11 is 4.11. The minimum Gasteiger partial charge on any atom is -0.369 e. The van der Waals surface area contributed by atoms with Crippen LogP contribution in [0.1, 0.15) is 0 Å². The molecule has 0 N–H and O–H groups in total. The van der Waals surface area contributed by atoms with Crippen molar-refractivity contribution in [3.05, 3.63) is 23.7 Å². The van der Waals surface area contributed by atoms with E-state index in [1.807, 2.05) is 5.51 Å². The maximum atomic E-state index is 4.31. The molecule has 1 fully saturated rings. The first-order chi connectivity index (χ1) is 7.83. The van der Waals surface area contributed by atoms with E-state index < -0.39 is 0 Å². The average molecular weight is 345 g/mol. The van der Waals surface area contributed by atoms with E-state index in [4.69, 9.17) is 0 Å². The van der Waals surface area contributed by atoms with Gasteiger partial charge in [-0.15, -0.1) is 11.3 Å². The quantitative estimate of drug-likeness (QED) is 0.585. The van der Waals surface area contributed by atoms with Crippen LogP contribution in [0.25, 0.3) is 10.2 Å². The number of fused-ring (bicyclic) bond motifs is 1. The molecule has 1 aliphatic heterocycles. The van der Waals surface area contributed by atoms with Gasteiger partial charge in [0, 0.05) is 54.7 Å². The molecular weight excluding hydrogens is 333 g/mol. The molecule has 0 spiro atoms. The average Bonchev–Trinajstić information content (AvgIpc) is 2.77. The fourth-order valence-electron chi connectivity index (χ4n) is 1.98. The van der Waals surface area contributed by atoms with Gasteiger partial charge in [-0.3, -0.25) is 0 Å². The van der Waals surface area contributed by atoms with Crippen molar-refractivity contribution in [3.63, 3.8) is 0 Å². The molecule has 16 heavy (non-hydrogen) atoms. The molecule has 1 saturated heterocycles. The van der Waals surface area contributed by atoms with Crippen LogP contribution >= 0.6 is 34.2 Å². The first-order valence-corrected chi connectivity index (χ1v) is 7.16. The van der Waals surface area contributed by atoms with E-state index in [-0.39, 0.29) is 0 Å². The van der Waals surface area contributed by atoms with Crippen molar-refractivity contribution < 1.29 is 0 Å². The molecule has 0 aliphatic carbocycles. The van der Waals surface area contributed by atoms with Crippen LogP contribution in [0.4, 0.5) is 5.69 Å². The van der Waals surface area contributed by atoms with Gasteiger partial charge in [0.15, 0.2) is 0 Å². The highest BCUT2D eigenvalue weighted by Gasteiger charge is 2.15. The predicted molar refractivity (Wildman–Crippen MR) is 77.4 cm³/mol. The van der Waals surface area contributed by atoms with Crippen molar-refractivity contribution in [3.8, 4) is 0 Å². The molecule has 0 amide bonds. The zero-order chi connectivity index (χ0) is 11.0. The summed E-state index contributed by atoms with van der Waals surface area (Å²) in [4.78, 5) is 6.76. The second-order valence-corrected chi connectivity index (χ2v) is 6.15. The Morgan fingerprint density at radius 1 is 1.19 bits per heavy atom. The lowest BCUT2D eigenvalue weighted by atomic mass is 10.2. The number of hydrogen-bond acceptors (Lipinski definition) is 4. The highest BCUT2D eigenvalue weighted by Crippen LogP contribution is 2.25. The number of rotatable bonds is 1. The van der Waals surface area contributed by atoms with Crippen LogP contribution in [-0.2, 0) is 0 Å². The summed E-state index contributed by atoms with van der Waals surface area (Å²) < 4.78 is 3.63. The van der Waals surface area contributed by atoms with E-state index in [0.717, 1.165) is 31.7 Å². The molecule has 0 saturated carbocycles. The summed E-state index contributed by atoms with van der Waals surface area (Å²) in [6.07, 6.45) is 0. The van der Waals surface area contributed by atoms with E-state index in [9.17, 15) is 0 Å². The molecule has 2 aromatic rings. The Morgan fingerprint density at radius 3 is 2.81 bits per heavy atom. The molecule has 0 bridgehead atoms. The maximum Gasteiger partial charge on any atom is 0.0813 e. The number of aromatic nitrogens is 1. The van der Waals surface area contributed by atoms with Gasteiger partial charge in [0.1, 0.15) is 0 Å². The topological polar surface area (TPSA) is 19.4 Å². The molecule has 1 aromatic carbocycles. The minimum absolute atomic E-state index is 1.11. The van der Waals surface area contributed by atoms with Gasteiger partial charge >= 0.3 is 0 Å². The number of halogens is 1. The zero-order valence-electron chi connectivity index (χ0n) is 8.77. The molecule has 0 unspecified atom stereocenters.